The van der Waals surface area contributed by atoms with Crippen LogP contribution >= 0.6 is 11.8 Å². The van der Waals surface area contributed by atoms with Gasteiger partial charge in [-0.15, -0.1) is 0 Å². The number of rotatable bonds is 4. The molecule has 0 amide bonds. The van der Waals surface area contributed by atoms with E-state index in [2.05, 4.69) is 37.8 Å². The van der Waals surface area contributed by atoms with Crippen molar-refractivity contribution in [2.45, 2.75) is 71.4 Å². The predicted octanol–water partition coefficient (Wildman–Crippen LogP) is 4.08. The van der Waals surface area contributed by atoms with E-state index in [-0.39, 0.29) is 0 Å². The standard InChI is InChI=1S/C15H29NS/c1-4-15(2,3)12-5-7-13(8-6-12)16-14-9-10-17-11-14/h12-14,16H,4-11H2,1-3H3. The Balaban J connectivity index is 1.74. The van der Waals surface area contributed by atoms with E-state index in [1.54, 1.807) is 0 Å². The maximum absolute atomic E-state index is 3.89. The van der Waals surface area contributed by atoms with E-state index in [9.17, 15) is 0 Å². The van der Waals surface area contributed by atoms with Crippen molar-refractivity contribution in [3.63, 3.8) is 0 Å². The first kappa shape index (κ1) is 13.7. The molecule has 2 rings (SSSR count). The first-order valence-corrected chi connectivity index (χ1v) is 8.61. The van der Waals surface area contributed by atoms with Crippen LogP contribution in [0.1, 0.15) is 59.3 Å². The van der Waals surface area contributed by atoms with Gasteiger partial charge in [-0.2, -0.15) is 11.8 Å². The highest BCUT2D eigenvalue weighted by molar-refractivity contribution is 7.99. The lowest BCUT2D eigenvalue weighted by atomic mass is 9.69. The quantitative estimate of drug-likeness (QED) is 0.812. The largest absolute Gasteiger partial charge is 0.310 e. The van der Waals surface area contributed by atoms with E-state index in [1.807, 2.05) is 0 Å². The normalized spacial score (nSPS) is 35.1. The van der Waals surface area contributed by atoms with Crippen molar-refractivity contribution < 1.29 is 0 Å². The number of hydrogen-bond acceptors (Lipinski definition) is 2. The van der Waals surface area contributed by atoms with Crippen molar-refractivity contribution in [1.82, 2.24) is 5.32 Å². The number of hydrogen-bond donors (Lipinski definition) is 1. The maximum atomic E-state index is 3.89. The minimum absolute atomic E-state index is 0.564. The lowest BCUT2D eigenvalue weighted by Gasteiger charge is -2.39. The molecule has 0 aromatic heterocycles. The molecule has 0 aromatic carbocycles. The highest BCUT2D eigenvalue weighted by Crippen LogP contribution is 2.40. The first-order valence-electron chi connectivity index (χ1n) is 7.45. The van der Waals surface area contributed by atoms with E-state index in [4.69, 9.17) is 0 Å². The van der Waals surface area contributed by atoms with Gasteiger partial charge in [-0.3, -0.25) is 0 Å². The molecule has 2 aliphatic rings. The zero-order valence-corrected chi connectivity index (χ0v) is 12.6. The smallest absolute Gasteiger partial charge is 0.0168 e. The minimum atomic E-state index is 0.564. The monoisotopic (exact) mass is 255 g/mol. The summed E-state index contributed by atoms with van der Waals surface area (Å²) in [5.41, 5.74) is 0.564. The van der Waals surface area contributed by atoms with Crippen LogP contribution in [-0.2, 0) is 0 Å². The second-order valence-electron chi connectivity index (χ2n) is 6.62. The molecule has 0 bridgehead atoms. The zero-order valence-electron chi connectivity index (χ0n) is 11.8. The van der Waals surface area contributed by atoms with Crippen LogP contribution in [0.5, 0.6) is 0 Å². The Bertz CT molecular complexity index is 225. The lowest BCUT2D eigenvalue weighted by Crippen LogP contribution is -2.42. The predicted molar refractivity (Wildman–Crippen MR) is 78.7 cm³/mol. The average Bonchev–Trinajstić information content (AvgIpc) is 2.83. The molecule has 0 radical (unpaired) electrons. The average molecular weight is 255 g/mol. The highest BCUT2D eigenvalue weighted by atomic mass is 32.2. The van der Waals surface area contributed by atoms with Crippen molar-refractivity contribution in [3.05, 3.63) is 0 Å². The molecule has 100 valence electrons. The molecule has 0 aromatic rings. The zero-order chi connectivity index (χ0) is 12.3. The van der Waals surface area contributed by atoms with Crippen LogP contribution in [0.3, 0.4) is 0 Å². The number of thioether (sulfide) groups is 1. The van der Waals surface area contributed by atoms with E-state index >= 15 is 0 Å². The van der Waals surface area contributed by atoms with Crippen molar-refractivity contribution in [3.8, 4) is 0 Å². The van der Waals surface area contributed by atoms with Gasteiger partial charge >= 0.3 is 0 Å². The third kappa shape index (κ3) is 3.64. The van der Waals surface area contributed by atoms with Gasteiger partial charge in [0, 0.05) is 17.8 Å². The van der Waals surface area contributed by atoms with Crippen LogP contribution < -0.4 is 5.32 Å². The van der Waals surface area contributed by atoms with Crippen LogP contribution in [0.4, 0.5) is 0 Å². The van der Waals surface area contributed by atoms with E-state index in [0.29, 0.717) is 5.41 Å². The van der Waals surface area contributed by atoms with Crippen molar-refractivity contribution in [2.24, 2.45) is 11.3 Å². The van der Waals surface area contributed by atoms with Gasteiger partial charge in [0.15, 0.2) is 0 Å². The van der Waals surface area contributed by atoms with Crippen molar-refractivity contribution >= 4 is 11.8 Å². The SMILES string of the molecule is CCC(C)(C)C1CCC(NC2CCSC2)CC1. The Morgan fingerprint density at radius 1 is 1.06 bits per heavy atom. The molecule has 1 saturated carbocycles. The Morgan fingerprint density at radius 2 is 1.76 bits per heavy atom. The molecule has 2 fully saturated rings. The van der Waals surface area contributed by atoms with Gasteiger partial charge in [-0.05, 0) is 49.2 Å². The lowest BCUT2D eigenvalue weighted by molar-refractivity contribution is 0.135. The summed E-state index contributed by atoms with van der Waals surface area (Å²) >= 11 is 2.12. The van der Waals surface area contributed by atoms with Crippen LogP contribution in [0, 0.1) is 11.3 Å². The molecule has 1 heterocycles. The molecule has 1 saturated heterocycles. The Kier molecular flexibility index (Phi) is 4.82. The number of nitrogens with one attached hydrogen (secondary N) is 1. The van der Waals surface area contributed by atoms with Gasteiger partial charge in [-0.1, -0.05) is 27.2 Å². The second kappa shape index (κ2) is 5.97. The molecule has 1 aliphatic heterocycles. The van der Waals surface area contributed by atoms with Crippen LogP contribution in [-0.4, -0.2) is 23.6 Å². The summed E-state index contributed by atoms with van der Waals surface area (Å²) in [5.74, 6) is 3.68. The van der Waals surface area contributed by atoms with E-state index in [0.717, 1.165) is 18.0 Å². The fraction of sp³-hybridized carbons (Fsp3) is 1.00. The van der Waals surface area contributed by atoms with Crippen LogP contribution in [0.25, 0.3) is 0 Å². The molecule has 1 N–H and O–H groups in total. The second-order valence-corrected chi connectivity index (χ2v) is 7.77. The summed E-state index contributed by atoms with van der Waals surface area (Å²) in [5, 5.41) is 3.89. The Morgan fingerprint density at radius 3 is 2.29 bits per heavy atom. The summed E-state index contributed by atoms with van der Waals surface area (Å²) in [7, 11) is 0. The van der Waals surface area contributed by atoms with Crippen LogP contribution in [0.2, 0.25) is 0 Å². The molecule has 1 nitrogen and oxygen atoms in total. The Labute approximate surface area is 112 Å². The van der Waals surface area contributed by atoms with Gasteiger partial charge in [0.25, 0.3) is 0 Å². The molecule has 1 atom stereocenters. The molecular formula is C15H29NS. The molecule has 0 spiro atoms. The molecule has 2 heteroatoms. The highest BCUT2D eigenvalue weighted by Gasteiger charge is 2.32. The van der Waals surface area contributed by atoms with Gasteiger partial charge in [0.2, 0.25) is 0 Å². The summed E-state index contributed by atoms with van der Waals surface area (Å²) < 4.78 is 0. The van der Waals surface area contributed by atoms with Crippen LogP contribution in [0.15, 0.2) is 0 Å². The van der Waals surface area contributed by atoms with Crippen molar-refractivity contribution in [2.75, 3.05) is 11.5 Å². The molecule has 17 heavy (non-hydrogen) atoms. The summed E-state index contributed by atoms with van der Waals surface area (Å²) in [4.78, 5) is 0. The maximum Gasteiger partial charge on any atom is 0.0168 e. The fourth-order valence-electron chi connectivity index (χ4n) is 3.33. The van der Waals surface area contributed by atoms with Gasteiger partial charge in [0.1, 0.15) is 0 Å². The van der Waals surface area contributed by atoms with E-state index in [1.165, 1.54) is 50.0 Å². The molecule has 1 aliphatic carbocycles. The third-order valence-corrected chi connectivity index (χ3v) is 6.31. The van der Waals surface area contributed by atoms with Crippen molar-refractivity contribution in [1.29, 1.82) is 0 Å². The van der Waals surface area contributed by atoms with E-state index < -0.39 is 0 Å². The molecular weight excluding hydrogens is 226 g/mol. The topological polar surface area (TPSA) is 12.0 Å². The minimum Gasteiger partial charge on any atom is -0.310 e. The summed E-state index contributed by atoms with van der Waals surface area (Å²) in [6.07, 6.45) is 8.43. The fourth-order valence-corrected chi connectivity index (χ4v) is 4.49. The van der Waals surface area contributed by atoms with Gasteiger partial charge < -0.3 is 5.32 Å². The molecule has 1 unspecified atom stereocenters. The first-order chi connectivity index (χ1) is 8.12. The van der Waals surface area contributed by atoms with Gasteiger partial charge in [-0.25, -0.2) is 0 Å². The van der Waals surface area contributed by atoms with Gasteiger partial charge in [0.05, 0.1) is 0 Å². The summed E-state index contributed by atoms with van der Waals surface area (Å²) in [6, 6.07) is 1.64. The Hall–Kier alpha value is 0.310. The third-order valence-electron chi connectivity index (χ3n) is 5.14. The summed E-state index contributed by atoms with van der Waals surface area (Å²) in [6.45, 7) is 7.26.